The quantitative estimate of drug-likeness (QED) is 0.837. The average molecular weight is 383 g/mol. The minimum absolute atomic E-state index is 0.00416. The van der Waals surface area contributed by atoms with Crippen molar-refractivity contribution in [3.8, 4) is 0 Å². The van der Waals surface area contributed by atoms with Crippen LogP contribution in [0.4, 0.5) is 5.69 Å². The number of benzene rings is 2. The molecule has 1 heterocycles. The molecule has 2 aromatic rings. The Bertz CT molecular complexity index is 833. The summed E-state index contributed by atoms with van der Waals surface area (Å²) >= 11 is 1.71. The molecule has 0 aliphatic carbocycles. The third-order valence-corrected chi connectivity index (χ3v) is 6.07. The number of hydrogen-bond donors (Lipinski definition) is 1. The van der Waals surface area contributed by atoms with Crippen LogP contribution in [-0.4, -0.2) is 29.8 Å². The van der Waals surface area contributed by atoms with Crippen LogP contribution in [-0.2, 0) is 9.59 Å². The Morgan fingerprint density at radius 1 is 1.04 bits per heavy atom. The van der Waals surface area contributed by atoms with Crippen LogP contribution in [0.25, 0.3) is 0 Å². The van der Waals surface area contributed by atoms with E-state index in [2.05, 4.69) is 37.4 Å². The standard InChI is InChI=1S/C22H26N2O2S/c1-15-6-9-21(13-16(15)2)27-20-10-7-19(8-11-20)23-22(26)18-5-4-12-24(14-18)17(3)25/h6-11,13,18H,4-5,12,14H2,1-3H3,(H,23,26)/t18-/m1/s1. The SMILES string of the molecule is CC(=O)N1CCC[C@@H](C(=O)Nc2ccc(Sc3ccc(C)c(C)c3)cc2)C1. The maximum atomic E-state index is 12.5. The van der Waals surface area contributed by atoms with Crippen molar-refractivity contribution >= 4 is 29.3 Å². The van der Waals surface area contributed by atoms with E-state index in [1.54, 1.807) is 23.6 Å². The fraction of sp³-hybridized carbons (Fsp3) is 0.364. The Balaban J connectivity index is 1.59. The van der Waals surface area contributed by atoms with Crippen molar-refractivity contribution < 1.29 is 9.59 Å². The molecular weight excluding hydrogens is 356 g/mol. The predicted octanol–water partition coefficient (Wildman–Crippen LogP) is 4.65. The van der Waals surface area contributed by atoms with E-state index in [-0.39, 0.29) is 17.7 Å². The number of hydrogen-bond acceptors (Lipinski definition) is 3. The number of amides is 2. The first kappa shape index (κ1) is 19.5. The van der Waals surface area contributed by atoms with Gasteiger partial charge < -0.3 is 10.2 Å². The van der Waals surface area contributed by atoms with Gasteiger partial charge in [-0.1, -0.05) is 17.8 Å². The summed E-state index contributed by atoms with van der Waals surface area (Å²) in [5.74, 6) is -0.0945. The fourth-order valence-corrected chi connectivity index (χ4v) is 4.16. The normalized spacial score (nSPS) is 16.9. The molecule has 1 aliphatic heterocycles. The first-order chi connectivity index (χ1) is 12.9. The molecule has 1 fully saturated rings. The van der Waals surface area contributed by atoms with E-state index in [0.29, 0.717) is 6.54 Å². The van der Waals surface area contributed by atoms with Crippen molar-refractivity contribution in [2.45, 2.75) is 43.4 Å². The smallest absolute Gasteiger partial charge is 0.229 e. The van der Waals surface area contributed by atoms with Crippen LogP contribution in [0.3, 0.4) is 0 Å². The summed E-state index contributed by atoms with van der Waals surface area (Å²) in [6.45, 7) is 7.07. The van der Waals surface area contributed by atoms with Gasteiger partial charge in [-0.15, -0.1) is 0 Å². The zero-order valence-corrected chi connectivity index (χ0v) is 16.9. The van der Waals surface area contributed by atoms with Crippen LogP contribution in [0.1, 0.15) is 30.9 Å². The number of likely N-dealkylation sites (tertiary alicyclic amines) is 1. The molecule has 1 atom stereocenters. The second-order valence-corrected chi connectivity index (χ2v) is 8.31. The largest absolute Gasteiger partial charge is 0.342 e. The van der Waals surface area contributed by atoms with Crippen molar-refractivity contribution in [1.82, 2.24) is 4.90 Å². The molecule has 1 N–H and O–H groups in total. The number of rotatable bonds is 4. The van der Waals surface area contributed by atoms with Crippen molar-refractivity contribution in [2.75, 3.05) is 18.4 Å². The number of nitrogens with zero attached hydrogens (tertiary/aromatic N) is 1. The maximum absolute atomic E-state index is 12.5. The molecule has 2 aromatic carbocycles. The van der Waals surface area contributed by atoms with Crippen molar-refractivity contribution in [3.05, 3.63) is 53.6 Å². The molecule has 0 radical (unpaired) electrons. The molecular formula is C22H26N2O2S. The van der Waals surface area contributed by atoms with Gasteiger partial charge in [0.25, 0.3) is 0 Å². The van der Waals surface area contributed by atoms with Gasteiger partial charge in [-0.05, 0) is 74.2 Å². The van der Waals surface area contributed by atoms with Crippen LogP contribution in [0, 0.1) is 19.8 Å². The van der Waals surface area contributed by atoms with E-state index in [4.69, 9.17) is 0 Å². The Hall–Kier alpha value is -2.27. The van der Waals surface area contributed by atoms with Gasteiger partial charge in [-0.2, -0.15) is 0 Å². The molecule has 0 saturated carbocycles. The van der Waals surface area contributed by atoms with E-state index in [1.165, 1.54) is 16.0 Å². The zero-order valence-electron chi connectivity index (χ0n) is 16.1. The Kier molecular flexibility index (Phi) is 6.22. The highest BCUT2D eigenvalue weighted by Gasteiger charge is 2.26. The fourth-order valence-electron chi connectivity index (χ4n) is 3.24. The van der Waals surface area contributed by atoms with Gasteiger partial charge in [0.1, 0.15) is 0 Å². The van der Waals surface area contributed by atoms with E-state index in [9.17, 15) is 9.59 Å². The summed E-state index contributed by atoms with van der Waals surface area (Å²) in [6.07, 6.45) is 1.71. The highest BCUT2D eigenvalue weighted by molar-refractivity contribution is 7.99. The lowest BCUT2D eigenvalue weighted by atomic mass is 9.97. The van der Waals surface area contributed by atoms with Crippen molar-refractivity contribution in [2.24, 2.45) is 5.92 Å². The molecule has 142 valence electrons. The minimum Gasteiger partial charge on any atom is -0.342 e. The second kappa shape index (κ2) is 8.61. The van der Waals surface area contributed by atoms with Gasteiger partial charge in [0.05, 0.1) is 5.92 Å². The Labute approximate surface area is 165 Å². The molecule has 2 amide bonds. The van der Waals surface area contributed by atoms with Gasteiger partial charge in [0, 0.05) is 35.5 Å². The highest BCUT2D eigenvalue weighted by Crippen LogP contribution is 2.30. The Morgan fingerprint density at radius 3 is 2.41 bits per heavy atom. The van der Waals surface area contributed by atoms with Crippen LogP contribution in [0.15, 0.2) is 52.3 Å². The lowest BCUT2D eigenvalue weighted by Crippen LogP contribution is -2.42. The number of carbonyl (C=O) groups excluding carboxylic acids is 2. The van der Waals surface area contributed by atoms with Gasteiger partial charge in [-0.25, -0.2) is 0 Å². The maximum Gasteiger partial charge on any atom is 0.229 e. The van der Waals surface area contributed by atoms with E-state index in [0.717, 1.165) is 30.0 Å². The first-order valence-electron chi connectivity index (χ1n) is 9.34. The monoisotopic (exact) mass is 382 g/mol. The third kappa shape index (κ3) is 5.13. The zero-order chi connectivity index (χ0) is 19.4. The van der Waals surface area contributed by atoms with E-state index >= 15 is 0 Å². The van der Waals surface area contributed by atoms with Gasteiger partial charge in [-0.3, -0.25) is 9.59 Å². The lowest BCUT2D eigenvalue weighted by molar-refractivity contribution is -0.132. The van der Waals surface area contributed by atoms with Crippen molar-refractivity contribution in [1.29, 1.82) is 0 Å². The number of nitrogens with one attached hydrogen (secondary N) is 1. The second-order valence-electron chi connectivity index (χ2n) is 7.17. The van der Waals surface area contributed by atoms with Crippen molar-refractivity contribution in [3.63, 3.8) is 0 Å². The number of anilines is 1. The minimum atomic E-state index is -0.132. The first-order valence-corrected chi connectivity index (χ1v) is 10.2. The molecule has 1 saturated heterocycles. The number of carbonyl (C=O) groups is 2. The summed E-state index contributed by atoms with van der Waals surface area (Å²) in [5, 5.41) is 2.99. The number of aryl methyl sites for hydroxylation is 2. The van der Waals surface area contributed by atoms with Crippen LogP contribution in [0.2, 0.25) is 0 Å². The predicted molar refractivity (Wildman–Crippen MR) is 110 cm³/mol. The Morgan fingerprint density at radius 2 is 1.74 bits per heavy atom. The number of piperidine rings is 1. The lowest BCUT2D eigenvalue weighted by Gasteiger charge is -2.31. The molecule has 0 aromatic heterocycles. The van der Waals surface area contributed by atoms with Crippen LogP contribution >= 0.6 is 11.8 Å². The van der Waals surface area contributed by atoms with Gasteiger partial charge >= 0.3 is 0 Å². The summed E-state index contributed by atoms with van der Waals surface area (Å²) in [5.41, 5.74) is 3.38. The molecule has 0 spiro atoms. The average Bonchev–Trinajstić information content (AvgIpc) is 2.66. The van der Waals surface area contributed by atoms with Gasteiger partial charge in [0.2, 0.25) is 11.8 Å². The molecule has 1 aliphatic rings. The molecule has 3 rings (SSSR count). The highest BCUT2D eigenvalue weighted by atomic mass is 32.2. The van der Waals surface area contributed by atoms with E-state index in [1.807, 2.05) is 24.3 Å². The third-order valence-electron chi connectivity index (χ3n) is 5.07. The molecule has 0 unspecified atom stereocenters. The molecule has 5 heteroatoms. The molecule has 4 nitrogen and oxygen atoms in total. The summed E-state index contributed by atoms with van der Waals surface area (Å²) in [4.78, 5) is 28.2. The van der Waals surface area contributed by atoms with Crippen LogP contribution < -0.4 is 5.32 Å². The summed E-state index contributed by atoms with van der Waals surface area (Å²) in [7, 11) is 0. The topological polar surface area (TPSA) is 49.4 Å². The summed E-state index contributed by atoms with van der Waals surface area (Å²) < 4.78 is 0. The molecule has 27 heavy (non-hydrogen) atoms. The summed E-state index contributed by atoms with van der Waals surface area (Å²) in [6, 6.07) is 14.4. The van der Waals surface area contributed by atoms with Gasteiger partial charge in [0.15, 0.2) is 0 Å². The van der Waals surface area contributed by atoms with Crippen LogP contribution in [0.5, 0.6) is 0 Å². The van der Waals surface area contributed by atoms with E-state index < -0.39 is 0 Å². The molecule has 0 bridgehead atoms.